The van der Waals surface area contributed by atoms with E-state index >= 15 is 0 Å². The molecule has 0 N–H and O–H groups in total. The standard InChI is InChI=1S/C27H30O5S/c1-17-6-9-21(14-22(17)16-32-15-20-7-10-23(30-4)11-8-20)26(18(2)27(29)31-5)25-13-12-24(33-25)19(3)28/h6-14,18,26H,15-16H2,1-5H3/t18-,26+/m1/s1. The third kappa shape index (κ3) is 6.09. The summed E-state index contributed by atoms with van der Waals surface area (Å²) in [6, 6.07) is 17.8. The van der Waals surface area contributed by atoms with Crippen molar-refractivity contribution in [2.24, 2.45) is 5.92 Å². The summed E-state index contributed by atoms with van der Waals surface area (Å²) in [5, 5.41) is 0. The fourth-order valence-corrected chi connectivity index (χ4v) is 4.91. The average molecular weight is 467 g/mol. The van der Waals surface area contributed by atoms with Gasteiger partial charge in [-0.1, -0.05) is 37.3 Å². The third-order valence-electron chi connectivity index (χ3n) is 5.77. The van der Waals surface area contributed by atoms with Gasteiger partial charge in [0.25, 0.3) is 0 Å². The van der Waals surface area contributed by atoms with Crippen LogP contribution in [0, 0.1) is 12.8 Å². The molecule has 0 aliphatic rings. The minimum absolute atomic E-state index is 0.0206. The van der Waals surface area contributed by atoms with Crippen LogP contribution in [0.3, 0.4) is 0 Å². The number of hydrogen-bond acceptors (Lipinski definition) is 6. The van der Waals surface area contributed by atoms with Crippen molar-refractivity contribution in [2.75, 3.05) is 14.2 Å². The minimum Gasteiger partial charge on any atom is -0.497 e. The average Bonchev–Trinajstić information content (AvgIpc) is 3.31. The fraction of sp³-hybridized carbons (Fsp3) is 0.333. The van der Waals surface area contributed by atoms with E-state index in [1.807, 2.05) is 56.3 Å². The third-order valence-corrected chi connectivity index (χ3v) is 7.04. The normalized spacial score (nSPS) is 12.8. The van der Waals surface area contributed by atoms with Gasteiger partial charge in [-0.25, -0.2) is 0 Å². The van der Waals surface area contributed by atoms with Gasteiger partial charge in [0.15, 0.2) is 5.78 Å². The molecule has 2 atom stereocenters. The quantitative estimate of drug-likeness (QED) is 0.274. The highest BCUT2D eigenvalue weighted by Gasteiger charge is 2.30. The molecule has 0 aliphatic heterocycles. The summed E-state index contributed by atoms with van der Waals surface area (Å²) in [5.41, 5.74) is 4.25. The molecule has 1 heterocycles. The van der Waals surface area contributed by atoms with Gasteiger partial charge < -0.3 is 14.2 Å². The van der Waals surface area contributed by atoms with Gasteiger partial charge in [0.1, 0.15) is 5.75 Å². The first-order valence-corrected chi connectivity index (χ1v) is 11.6. The zero-order chi connectivity index (χ0) is 24.0. The lowest BCUT2D eigenvalue weighted by Gasteiger charge is -2.23. The number of esters is 1. The van der Waals surface area contributed by atoms with Gasteiger partial charge in [0.2, 0.25) is 0 Å². The smallest absolute Gasteiger partial charge is 0.309 e. The van der Waals surface area contributed by atoms with Crippen LogP contribution in [0.5, 0.6) is 5.75 Å². The molecule has 5 nitrogen and oxygen atoms in total. The lowest BCUT2D eigenvalue weighted by atomic mass is 9.84. The Bertz CT molecular complexity index is 1100. The molecule has 174 valence electrons. The van der Waals surface area contributed by atoms with Crippen molar-refractivity contribution in [1.82, 2.24) is 0 Å². The molecule has 3 aromatic rings. The van der Waals surface area contributed by atoms with E-state index in [2.05, 4.69) is 12.1 Å². The Kier molecular flexibility index (Phi) is 8.42. The number of hydrogen-bond donors (Lipinski definition) is 0. The molecule has 0 amide bonds. The number of rotatable bonds is 10. The minimum atomic E-state index is -0.399. The number of carbonyl (C=O) groups excluding carboxylic acids is 2. The Labute approximate surface area is 199 Å². The largest absolute Gasteiger partial charge is 0.497 e. The van der Waals surface area contributed by atoms with Crippen LogP contribution in [0.15, 0.2) is 54.6 Å². The van der Waals surface area contributed by atoms with Gasteiger partial charge in [-0.3, -0.25) is 9.59 Å². The SMILES string of the molecule is COC(=O)[C@H](C)[C@@H](c1ccc(C)c(COCc2ccc(OC)cc2)c1)c1ccc(C(C)=O)s1. The van der Waals surface area contributed by atoms with Crippen molar-refractivity contribution in [3.05, 3.63) is 86.6 Å². The molecule has 0 bridgehead atoms. The number of aryl methyl sites for hydroxylation is 1. The molecular formula is C27H30O5S. The summed E-state index contributed by atoms with van der Waals surface area (Å²) in [6.45, 7) is 6.41. The summed E-state index contributed by atoms with van der Waals surface area (Å²) in [7, 11) is 3.05. The maximum atomic E-state index is 12.4. The van der Waals surface area contributed by atoms with Crippen molar-refractivity contribution < 1.29 is 23.8 Å². The van der Waals surface area contributed by atoms with Crippen molar-refractivity contribution >= 4 is 23.1 Å². The highest BCUT2D eigenvalue weighted by molar-refractivity contribution is 7.14. The summed E-state index contributed by atoms with van der Waals surface area (Å²) < 4.78 is 16.2. The van der Waals surface area contributed by atoms with Crippen LogP contribution in [-0.2, 0) is 27.5 Å². The van der Waals surface area contributed by atoms with Crippen LogP contribution >= 0.6 is 11.3 Å². The van der Waals surface area contributed by atoms with Gasteiger partial charge in [-0.05, 0) is 60.4 Å². The Morgan fingerprint density at radius 1 is 0.970 bits per heavy atom. The zero-order valence-corrected chi connectivity index (χ0v) is 20.5. The maximum absolute atomic E-state index is 12.4. The molecule has 0 spiro atoms. The van der Waals surface area contributed by atoms with E-state index in [4.69, 9.17) is 14.2 Å². The second-order valence-corrected chi connectivity index (χ2v) is 9.19. The molecule has 33 heavy (non-hydrogen) atoms. The maximum Gasteiger partial charge on any atom is 0.309 e. The fourth-order valence-electron chi connectivity index (χ4n) is 3.77. The Balaban J connectivity index is 1.83. The Morgan fingerprint density at radius 3 is 2.30 bits per heavy atom. The van der Waals surface area contributed by atoms with E-state index in [0.29, 0.717) is 18.1 Å². The van der Waals surface area contributed by atoms with E-state index in [9.17, 15) is 9.59 Å². The number of carbonyl (C=O) groups is 2. The van der Waals surface area contributed by atoms with Crippen LogP contribution in [0.1, 0.15) is 56.6 Å². The molecule has 0 saturated carbocycles. The first-order valence-electron chi connectivity index (χ1n) is 10.8. The Morgan fingerprint density at radius 2 is 1.70 bits per heavy atom. The number of ether oxygens (including phenoxy) is 3. The lowest BCUT2D eigenvalue weighted by Crippen LogP contribution is -2.21. The van der Waals surface area contributed by atoms with Gasteiger partial charge >= 0.3 is 5.97 Å². The predicted molar refractivity (Wildman–Crippen MR) is 130 cm³/mol. The topological polar surface area (TPSA) is 61.8 Å². The van der Waals surface area contributed by atoms with Gasteiger partial charge in [0, 0.05) is 10.8 Å². The Hall–Kier alpha value is -2.96. The van der Waals surface area contributed by atoms with Crippen LogP contribution < -0.4 is 4.74 Å². The van der Waals surface area contributed by atoms with Crippen molar-refractivity contribution in [3.63, 3.8) is 0 Å². The van der Waals surface area contributed by atoms with Crippen LogP contribution in [-0.4, -0.2) is 26.0 Å². The van der Waals surface area contributed by atoms with Gasteiger partial charge in [-0.2, -0.15) is 0 Å². The number of Topliss-reactive ketones (excluding diaryl/α,β-unsaturated/α-hetero) is 1. The van der Waals surface area contributed by atoms with Crippen molar-refractivity contribution in [1.29, 1.82) is 0 Å². The highest BCUT2D eigenvalue weighted by atomic mass is 32.1. The van der Waals surface area contributed by atoms with E-state index in [1.54, 1.807) is 14.0 Å². The molecule has 1 aromatic heterocycles. The predicted octanol–water partition coefficient (Wildman–Crippen LogP) is 5.93. The molecule has 6 heteroatoms. The number of thiophene rings is 1. The first-order chi connectivity index (χ1) is 15.8. The first kappa shape index (κ1) is 24.7. The molecule has 2 aromatic carbocycles. The van der Waals surface area contributed by atoms with Gasteiger partial charge in [-0.15, -0.1) is 11.3 Å². The second-order valence-electron chi connectivity index (χ2n) is 8.07. The summed E-state index contributed by atoms with van der Waals surface area (Å²) in [5.74, 6) is -0.0572. The van der Waals surface area contributed by atoms with Crippen molar-refractivity contribution in [2.45, 2.75) is 39.9 Å². The molecule has 0 unspecified atom stereocenters. The highest BCUT2D eigenvalue weighted by Crippen LogP contribution is 2.38. The van der Waals surface area contributed by atoms with E-state index < -0.39 is 5.92 Å². The molecule has 0 radical (unpaired) electrons. The number of ketones is 1. The molecule has 0 saturated heterocycles. The molecule has 3 rings (SSSR count). The molecule has 0 fully saturated rings. The van der Waals surface area contributed by atoms with Crippen LogP contribution in [0.25, 0.3) is 0 Å². The van der Waals surface area contributed by atoms with E-state index in [0.717, 1.165) is 32.9 Å². The number of benzene rings is 2. The van der Waals surface area contributed by atoms with Crippen molar-refractivity contribution in [3.8, 4) is 5.75 Å². The van der Waals surface area contributed by atoms with E-state index in [-0.39, 0.29) is 17.7 Å². The number of methoxy groups -OCH3 is 2. The van der Waals surface area contributed by atoms with Crippen LogP contribution in [0.2, 0.25) is 0 Å². The molecular weight excluding hydrogens is 436 g/mol. The zero-order valence-electron chi connectivity index (χ0n) is 19.7. The molecule has 0 aliphatic carbocycles. The lowest BCUT2D eigenvalue weighted by molar-refractivity contribution is -0.145. The summed E-state index contributed by atoms with van der Waals surface area (Å²) >= 11 is 1.43. The van der Waals surface area contributed by atoms with Gasteiger partial charge in [0.05, 0.1) is 38.2 Å². The van der Waals surface area contributed by atoms with Crippen LogP contribution in [0.4, 0.5) is 0 Å². The van der Waals surface area contributed by atoms with E-state index in [1.165, 1.54) is 18.4 Å². The monoisotopic (exact) mass is 466 g/mol. The second kappa shape index (κ2) is 11.3. The summed E-state index contributed by atoms with van der Waals surface area (Å²) in [4.78, 5) is 25.9. The summed E-state index contributed by atoms with van der Waals surface area (Å²) in [6.07, 6.45) is 0.